The number of ether oxygens (including phenoxy) is 3. The molecule has 0 radical (unpaired) electrons. The van der Waals surface area contributed by atoms with E-state index in [9.17, 15) is 14.4 Å². The molecule has 13 nitrogen and oxygen atoms in total. The summed E-state index contributed by atoms with van der Waals surface area (Å²) in [7, 11) is 2.94. The summed E-state index contributed by atoms with van der Waals surface area (Å²) in [5, 5.41) is 4.75. The first kappa shape index (κ1) is 37.5. The number of carbonyl (C=O) groups excluding carboxylic acids is 3. The predicted molar refractivity (Wildman–Crippen MR) is 226 cm³/mol. The number of fused-ring (bicyclic) bond motifs is 7. The van der Waals surface area contributed by atoms with E-state index in [0.29, 0.717) is 30.7 Å². The Hall–Kier alpha value is -6.73. The Kier molecular flexibility index (Phi) is 9.27. The van der Waals surface area contributed by atoms with Gasteiger partial charge in [-0.25, -0.2) is 14.8 Å². The first-order valence-corrected chi connectivity index (χ1v) is 20.4. The Balaban J connectivity index is 0.925. The molecule has 0 bridgehead atoms. The number of piperidine rings is 1. The number of nitrogens with one attached hydrogen (secondary N) is 3. The second kappa shape index (κ2) is 14.8. The average Bonchev–Trinajstić information content (AvgIpc) is 3.72. The quantitative estimate of drug-likeness (QED) is 0.125. The molecule has 1 saturated carbocycles. The lowest BCUT2D eigenvalue weighted by Crippen LogP contribution is -2.52. The van der Waals surface area contributed by atoms with Crippen LogP contribution in [0.3, 0.4) is 0 Å². The number of aromatic amines is 2. The summed E-state index contributed by atoms with van der Waals surface area (Å²) in [6.45, 7) is 4.62. The number of benzene rings is 4. The molecule has 7 aromatic rings. The maximum absolute atomic E-state index is 14.0. The molecule has 1 aliphatic carbocycles. The molecule has 4 atom stereocenters. The second-order valence-electron chi connectivity index (χ2n) is 16.5. The fraction of sp³-hybridized carbons (Fsp3) is 0.298. The monoisotopic (exact) mass is 803 g/mol. The molecule has 60 heavy (non-hydrogen) atoms. The number of carbonyl (C=O) groups is 3. The topological polar surface area (TPSA) is 156 Å². The predicted octanol–water partition coefficient (Wildman–Crippen LogP) is 8.21. The maximum atomic E-state index is 14.0. The zero-order valence-corrected chi connectivity index (χ0v) is 33.8. The normalized spacial score (nSPS) is 18.2. The number of imidazole rings is 2. The van der Waals surface area contributed by atoms with Gasteiger partial charge in [0.1, 0.15) is 24.2 Å². The molecule has 3 aromatic heterocycles. The molecule has 5 heterocycles. The third-order valence-electron chi connectivity index (χ3n) is 12.2. The number of rotatable bonds is 10. The van der Waals surface area contributed by atoms with E-state index in [0.717, 1.165) is 85.3 Å². The summed E-state index contributed by atoms with van der Waals surface area (Å²) >= 11 is 0. The molecule has 4 aromatic carbocycles. The molecule has 0 unspecified atom stereocenters. The Morgan fingerprint density at radius 2 is 1.80 bits per heavy atom. The highest BCUT2D eigenvalue weighted by atomic mass is 16.5. The van der Waals surface area contributed by atoms with Crippen molar-refractivity contribution in [1.29, 1.82) is 0 Å². The third-order valence-corrected chi connectivity index (χ3v) is 12.2. The molecule has 2 aliphatic heterocycles. The van der Waals surface area contributed by atoms with Crippen LogP contribution in [0.25, 0.3) is 55.7 Å². The fourth-order valence-electron chi connectivity index (χ4n) is 9.11. The minimum atomic E-state index is -0.695. The van der Waals surface area contributed by atoms with Crippen LogP contribution < -0.4 is 10.1 Å². The summed E-state index contributed by atoms with van der Waals surface area (Å²) in [6, 6.07) is 25.6. The molecule has 304 valence electrons. The van der Waals surface area contributed by atoms with Gasteiger partial charge in [0, 0.05) is 30.3 Å². The summed E-state index contributed by atoms with van der Waals surface area (Å²) in [5.41, 5.74) is 9.13. The van der Waals surface area contributed by atoms with E-state index in [2.05, 4.69) is 51.7 Å². The molecular weight excluding hydrogens is 759 g/mol. The van der Waals surface area contributed by atoms with Crippen molar-refractivity contribution >= 4 is 39.7 Å². The lowest BCUT2D eigenvalue weighted by molar-refractivity contribution is -0.136. The summed E-state index contributed by atoms with van der Waals surface area (Å²) < 4.78 is 18.3. The average molecular weight is 804 g/mol. The Morgan fingerprint density at radius 1 is 0.950 bits per heavy atom. The van der Waals surface area contributed by atoms with Crippen molar-refractivity contribution in [2.45, 2.75) is 64.4 Å². The Morgan fingerprint density at radius 3 is 2.60 bits per heavy atom. The van der Waals surface area contributed by atoms with Crippen LogP contribution in [0, 0.1) is 11.8 Å². The first-order chi connectivity index (χ1) is 29.2. The van der Waals surface area contributed by atoms with Gasteiger partial charge in [-0.15, -0.1) is 0 Å². The Labute approximate surface area is 346 Å². The molecule has 13 heteroatoms. The van der Waals surface area contributed by atoms with Crippen molar-refractivity contribution in [3.8, 4) is 39.7 Å². The van der Waals surface area contributed by atoms with Crippen molar-refractivity contribution in [2.75, 3.05) is 14.2 Å². The van der Waals surface area contributed by atoms with Crippen LogP contribution in [-0.4, -0.2) is 73.6 Å². The summed E-state index contributed by atoms with van der Waals surface area (Å²) in [5.74, 6) is 2.27. The molecule has 3 N–H and O–H groups in total. The highest BCUT2D eigenvalue weighted by Gasteiger charge is 2.56. The number of H-pyrrole nitrogens is 2. The van der Waals surface area contributed by atoms with Crippen LogP contribution in [-0.2, 0) is 33.9 Å². The minimum absolute atomic E-state index is 0.0584. The summed E-state index contributed by atoms with van der Waals surface area (Å²) in [4.78, 5) is 58.5. The molecule has 2 fully saturated rings. The van der Waals surface area contributed by atoms with Gasteiger partial charge in [0.25, 0.3) is 0 Å². The van der Waals surface area contributed by atoms with Crippen molar-refractivity contribution in [3.63, 3.8) is 0 Å². The number of aromatic nitrogens is 5. The number of amides is 2. The van der Waals surface area contributed by atoms with Gasteiger partial charge in [-0.1, -0.05) is 62.4 Å². The molecule has 3 aliphatic rings. The SMILES string of the molecule is COCc1cc(-c2ncc(-c3ccc4c(c3)COc3cc5c(ccc6[nH]c([C@@H]7C[C@H]8C[C@H]8N7C(=O)[C@@H](NC(=O)OC)C(C)C)nc65)cc3-4)[nH]2)n(C(=O)Cc2ccccc2)c1. The van der Waals surface area contributed by atoms with Crippen LogP contribution in [0.4, 0.5) is 4.79 Å². The van der Waals surface area contributed by atoms with E-state index in [-0.39, 0.29) is 36.2 Å². The number of hydrogen-bond donors (Lipinski definition) is 3. The van der Waals surface area contributed by atoms with Crippen molar-refractivity contribution < 1.29 is 28.6 Å². The van der Waals surface area contributed by atoms with Gasteiger partial charge >= 0.3 is 6.09 Å². The van der Waals surface area contributed by atoms with E-state index in [4.69, 9.17) is 24.2 Å². The van der Waals surface area contributed by atoms with Crippen LogP contribution >= 0.6 is 0 Å². The second-order valence-corrected chi connectivity index (χ2v) is 16.5. The lowest BCUT2D eigenvalue weighted by atomic mass is 9.92. The number of nitrogens with zero attached hydrogens (tertiary/aromatic N) is 4. The van der Waals surface area contributed by atoms with Gasteiger partial charge in [-0.05, 0) is 88.2 Å². The van der Waals surface area contributed by atoms with E-state index in [1.165, 1.54) is 7.11 Å². The van der Waals surface area contributed by atoms with Crippen LogP contribution in [0.1, 0.15) is 60.0 Å². The van der Waals surface area contributed by atoms with E-state index < -0.39 is 12.1 Å². The highest BCUT2D eigenvalue weighted by molar-refractivity contribution is 6.07. The number of alkyl carbamates (subject to hydrolysis) is 1. The van der Waals surface area contributed by atoms with E-state index in [1.54, 1.807) is 17.9 Å². The van der Waals surface area contributed by atoms with Crippen molar-refractivity contribution in [1.82, 2.24) is 34.7 Å². The van der Waals surface area contributed by atoms with Gasteiger partial charge in [-0.3, -0.25) is 14.2 Å². The third kappa shape index (κ3) is 6.58. The smallest absolute Gasteiger partial charge is 0.407 e. The number of likely N-dealkylation sites (tertiary alicyclic amines) is 1. The van der Waals surface area contributed by atoms with Gasteiger partial charge < -0.3 is 34.4 Å². The molecule has 0 spiro atoms. The van der Waals surface area contributed by atoms with E-state index >= 15 is 0 Å². The van der Waals surface area contributed by atoms with Gasteiger partial charge in [0.15, 0.2) is 5.82 Å². The van der Waals surface area contributed by atoms with E-state index in [1.807, 2.05) is 67.4 Å². The van der Waals surface area contributed by atoms with Crippen LogP contribution in [0.5, 0.6) is 5.75 Å². The largest absolute Gasteiger partial charge is 0.488 e. The number of methoxy groups -OCH3 is 2. The maximum Gasteiger partial charge on any atom is 0.407 e. The van der Waals surface area contributed by atoms with Gasteiger partial charge in [0.05, 0.1) is 54.8 Å². The van der Waals surface area contributed by atoms with Crippen LogP contribution in [0.2, 0.25) is 0 Å². The molecular formula is C47H45N7O6. The molecule has 1 saturated heterocycles. The van der Waals surface area contributed by atoms with Crippen molar-refractivity contribution in [2.24, 2.45) is 11.8 Å². The Bertz CT molecular complexity index is 2820. The zero-order chi connectivity index (χ0) is 41.2. The fourth-order valence-corrected chi connectivity index (χ4v) is 9.11. The zero-order valence-electron chi connectivity index (χ0n) is 33.8. The minimum Gasteiger partial charge on any atom is -0.488 e. The van der Waals surface area contributed by atoms with Gasteiger partial charge in [-0.2, -0.15) is 0 Å². The van der Waals surface area contributed by atoms with Gasteiger partial charge in [0.2, 0.25) is 11.8 Å². The van der Waals surface area contributed by atoms with Crippen molar-refractivity contribution in [3.05, 3.63) is 114 Å². The summed E-state index contributed by atoms with van der Waals surface area (Å²) in [6.07, 6.45) is 5.06. The standard InChI is InChI=1S/C47H45N7O6/c1-25(2)42(52-47(57)59-4)46(56)54-37-18-30(37)19-39(54)45-49-35-13-11-28-17-34-32-12-10-29(16-31(32)24-60-40(34)20-33(28)43(35)51-45)36-21-48-44(50-36)38-14-27(23-58-3)22-53(38)41(55)15-26-8-6-5-7-9-26/h5-14,16-17,20-22,25,30,37,39,42H,15,18-19,23-24H2,1-4H3,(H,48,50)(H,49,51)(H,52,57)/t30-,37-,39+,42+/m1/s1. The molecule has 10 rings (SSSR count). The molecule has 2 amide bonds. The first-order valence-electron chi connectivity index (χ1n) is 20.4. The highest BCUT2D eigenvalue weighted by Crippen LogP contribution is 2.54. The number of hydrogen-bond acceptors (Lipinski definition) is 8. The van der Waals surface area contributed by atoms with Crippen LogP contribution in [0.15, 0.2) is 91.3 Å². The lowest BCUT2D eigenvalue weighted by Gasteiger charge is -2.31.